The molecule has 4 nitrogen and oxygen atoms in total. The Bertz CT molecular complexity index is 580. The summed E-state index contributed by atoms with van der Waals surface area (Å²) in [6.07, 6.45) is -1.67. The molecular formula is C14H17F3N2O2. The zero-order chi connectivity index (χ0) is 15.6. The molecule has 7 heteroatoms. The van der Waals surface area contributed by atoms with Crippen LogP contribution in [0, 0.1) is 12.8 Å². The van der Waals surface area contributed by atoms with E-state index in [0.29, 0.717) is 18.5 Å². The Labute approximate surface area is 119 Å². The standard InChI is InChI=1S/C14H17F3N2O2/c1-8-6-12(20)9(7-18-8)13(21)19-11-5-3-2-4-10(11)14(15,16)17/h6-7,10-11H,2-5H2,1H3,(H,18,20)(H,19,21). The molecule has 0 bridgehead atoms. The molecule has 2 atom stereocenters. The summed E-state index contributed by atoms with van der Waals surface area (Å²) in [5, 5.41) is 2.37. The predicted molar refractivity (Wildman–Crippen MR) is 71.1 cm³/mol. The van der Waals surface area contributed by atoms with Crippen LogP contribution in [-0.4, -0.2) is 23.1 Å². The lowest BCUT2D eigenvalue weighted by Crippen LogP contribution is -2.48. The number of H-pyrrole nitrogens is 1. The number of nitrogens with one attached hydrogen (secondary N) is 2. The van der Waals surface area contributed by atoms with E-state index >= 15 is 0 Å². The van der Waals surface area contributed by atoms with Crippen LogP contribution < -0.4 is 10.7 Å². The lowest BCUT2D eigenvalue weighted by atomic mass is 9.84. The minimum atomic E-state index is -4.34. The number of hydrogen-bond acceptors (Lipinski definition) is 2. The largest absolute Gasteiger partial charge is 0.393 e. The van der Waals surface area contributed by atoms with Crippen LogP contribution in [0.5, 0.6) is 0 Å². The molecular weight excluding hydrogens is 285 g/mol. The van der Waals surface area contributed by atoms with Gasteiger partial charge in [-0.2, -0.15) is 13.2 Å². The van der Waals surface area contributed by atoms with E-state index in [2.05, 4.69) is 10.3 Å². The second-order valence-electron chi connectivity index (χ2n) is 5.41. The maximum atomic E-state index is 13.0. The second kappa shape index (κ2) is 5.91. The van der Waals surface area contributed by atoms with E-state index in [1.54, 1.807) is 6.92 Å². The average Bonchev–Trinajstić information content (AvgIpc) is 2.37. The van der Waals surface area contributed by atoms with Crippen molar-refractivity contribution in [2.75, 3.05) is 0 Å². The molecule has 2 rings (SSSR count). The van der Waals surface area contributed by atoms with Crippen LogP contribution in [0.3, 0.4) is 0 Å². The number of aromatic amines is 1. The molecule has 1 aromatic heterocycles. The van der Waals surface area contributed by atoms with Gasteiger partial charge in [-0.1, -0.05) is 12.8 Å². The van der Waals surface area contributed by atoms with Gasteiger partial charge in [-0.25, -0.2) is 0 Å². The van der Waals surface area contributed by atoms with Crippen molar-refractivity contribution in [2.45, 2.75) is 44.8 Å². The van der Waals surface area contributed by atoms with Gasteiger partial charge in [0.15, 0.2) is 5.43 Å². The summed E-state index contributed by atoms with van der Waals surface area (Å²) in [7, 11) is 0. The van der Waals surface area contributed by atoms with Crippen LogP contribution in [0.15, 0.2) is 17.1 Å². The first-order valence-electron chi connectivity index (χ1n) is 6.86. The Morgan fingerprint density at radius 2 is 2.00 bits per heavy atom. The number of amides is 1. The lowest BCUT2D eigenvalue weighted by Gasteiger charge is -2.33. The fraction of sp³-hybridized carbons (Fsp3) is 0.571. The first-order chi connectivity index (χ1) is 9.79. The minimum Gasteiger partial charge on any atom is -0.364 e. The van der Waals surface area contributed by atoms with Crippen LogP contribution >= 0.6 is 0 Å². The Balaban J connectivity index is 2.15. The molecule has 1 aliphatic carbocycles. The van der Waals surface area contributed by atoms with Crippen molar-refractivity contribution in [3.63, 3.8) is 0 Å². The third kappa shape index (κ3) is 3.65. The van der Waals surface area contributed by atoms with E-state index in [1.165, 1.54) is 12.3 Å². The van der Waals surface area contributed by atoms with Crippen molar-refractivity contribution < 1.29 is 18.0 Å². The van der Waals surface area contributed by atoms with Crippen molar-refractivity contribution in [1.29, 1.82) is 0 Å². The molecule has 2 unspecified atom stereocenters. The van der Waals surface area contributed by atoms with E-state index in [-0.39, 0.29) is 18.4 Å². The van der Waals surface area contributed by atoms with E-state index < -0.39 is 29.5 Å². The van der Waals surface area contributed by atoms with Gasteiger partial charge in [0.2, 0.25) is 0 Å². The van der Waals surface area contributed by atoms with Gasteiger partial charge in [0.25, 0.3) is 5.91 Å². The molecule has 0 radical (unpaired) electrons. The molecule has 0 aromatic carbocycles. The maximum absolute atomic E-state index is 13.0. The SMILES string of the molecule is Cc1cc(=O)c(C(=O)NC2CCCCC2C(F)(F)F)c[nH]1. The maximum Gasteiger partial charge on any atom is 0.393 e. The molecule has 116 valence electrons. The Morgan fingerprint density at radius 3 is 2.62 bits per heavy atom. The zero-order valence-electron chi connectivity index (χ0n) is 11.6. The van der Waals surface area contributed by atoms with Crippen LogP contribution in [-0.2, 0) is 0 Å². The molecule has 0 spiro atoms. The highest BCUT2D eigenvalue weighted by Gasteiger charge is 2.46. The number of hydrogen-bond donors (Lipinski definition) is 2. The third-order valence-corrected chi connectivity index (χ3v) is 3.80. The minimum absolute atomic E-state index is 0.0126. The fourth-order valence-corrected chi connectivity index (χ4v) is 2.69. The number of carbonyl (C=O) groups excluding carboxylic acids is 1. The van der Waals surface area contributed by atoms with Gasteiger partial charge in [-0.05, 0) is 19.8 Å². The normalized spacial score (nSPS) is 22.9. The van der Waals surface area contributed by atoms with Crippen molar-refractivity contribution in [2.24, 2.45) is 5.92 Å². The monoisotopic (exact) mass is 302 g/mol. The van der Waals surface area contributed by atoms with Gasteiger partial charge in [-0.3, -0.25) is 9.59 Å². The molecule has 1 saturated carbocycles. The van der Waals surface area contributed by atoms with E-state index in [9.17, 15) is 22.8 Å². The number of alkyl halides is 3. The summed E-state index contributed by atoms with van der Waals surface area (Å²) < 4.78 is 38.9. The molecule has 1 amide bonds. The lowest BCUT2D eigenvalue weighted by molar-refractivity contribution is -0.187. The third-order valence-electron chi connectivity index (χ3n) is 3.80. The van der Waals surface area contributed by atoms with Crippen LogP contribution in [0.25, 0.3) is 0 Å². The van der Waals surface area contributed by atoms with E-state index in [1.807, 2.05) is 0 Å². The smallest absolute Gasteiger partial charge is 0.364 e. The summed E-state index contributed by atoms with van der Waals surface area (Å²) in [4.78, 5) is 26.4. The molecule has 1 aromatic rings. The first-order valence-corrected chi connectivity index (χ1v) is 6.86. The summed E-state index contributed by atoms with van der Waals surface area (Å²) in [5.74, 6) is -2.29. The number of rotatable bonds is 2. The summed E-state index contributed by atoms with van der Waals surface area (Å²) >= 11 is 0. The molecule has 1 heterocycles. The zero-order valence-corrected chi connectivity index (χ0v) is 11.6. The summed E-state index contributed by atoms with van der Waals surface area (Å²) in [6.45, 7) is 1.66. The van der Waals surface area contributed by atoms with Crippen LogP contribution in [0.2, 0.25) is 0 Å². The van der Waals surface area contributed by atoms with Crippen molar-refractivity contribution in [1.82, 2.24) is 10.3 Å². The molecule has 1 aliphatic rings. The van der Waals surface area contributed by atoms with E-state index in [0.717, 1.165) is 0 Å². The molecule has 0 aliphatic heterocycles. The number of pyridine rings is 1. The number of aryl methyl sites for hydroxylation is 1. The topological polar surface area (TPSA) is 62.0 Å². The summed E-state index contributed by atoms with van der Waals surface area (Å²) in [5.41, 5.74) is -0.0717. The average molecular weight is 302 g/mol. The Kier molecular flexibility index (Phi) is 4.39. The molecule has 0 saturated heterocycles. The predicted octanol–water partition coefficient (Wildman–Crippen LogP) is 2.53. The Morgan fingerprint density at radius 1 is 1.33 bits per heavy atom. The highest BCUT2D eigenvalue weighted by molar-refractivity contribution is 5.94. The summed E-state index contributed by atoms with van der Waals surface area (Å²) in [6, 6.07) is 0.281. The van der Waals surface area contributed by atoms with Gasteiger partial charge in [-0.15, -0.1) is 0 Å². The second-order valence-corrected chi connectivity index (χ2v) is 5.41. The fourth-order valence-electron chi connectivity index (χ4n) is 2.69. The molecule has 21 heavy (non-hydrogen) atoms. The van der Waals surface area contributed by atoms with Gasteiger partial charge >= 0.3 is 6.18 Å². The molecule has 2 N–H and O–H groups in total. The van der Waals surface area contributed by atoms with Crippen molar-refractivity contribution >= 4 is 5.91 Å². The van der Waals surface area contributed by atoms with Gasteiger partial charge < -0.3 is 10.3 Å². The van der Waals surface area contributed by atoms with Crippen LogP contribution in [0.1, 0.15) is 41.7 Å². The number of aromatic nitrogens is 1. The number of halogens is 3. The van der Waals surface area contributed by atoms with Crippen molar-refractivity contribution in [3.05, 3.63) is 33.7 Å². The van der Waals surface area contributed by atoms with E-state index in [4.69, 9.17) is 0 Å². The highest BCUT2D eigenvalue weighted by Crippen LogP contribution is 2.37. The van der Waals surface area contributed by atoms with Gasteiger partial charge in [0, 0.05) is 24.0 Å². The van der Waals surface area contributed by atoms with Gasteiger partial charge in [0.05, 0.1) is 5.92 Å². The number of carbonyl (C=O) groups is 1. The Hall–Kier alpha value is -1.79. The first kappa shape index (κ1) is 15.6. The van der Waals surface area contributed by atoms with Crippen LogP contribution in [0.4, 0.5) is 13.2 Å². The molecule has 1 fully saturated rings. The van der Waals surface area contributed by atoms with Crippen molar-refractivity contribution in [3.8, 4) is 0 Å². The quantitative estimate of drug-likeness (QED) is 0.882. The highest BCUT2D eigenvalue weighted by atomic mass is 19.4. The van der Waals surface area contributed by atoms with Gasteiger partial charge in [0.1, 0.15) is 5.56 Å².